The fourth-order valence-electron chi connectivity index (χ4n) is 2.00. The predicted molar refractivity (Wildman–Crippen MR) is 61.9 cm³/mol. The van der Waals surface area contributed by atoms with Crippen LogP contribution in [0.5, 0.6) is 0 Å². The molecule has 88 valence electrons. The number of rotatable bonds is 6. The highest BCUT2D eigenvalue weighted by Gasteiger charge is 2.30. The second kappa shape index (κ2) is 6.26. The van der Waals surface area contributed by atoms with Gasteiger partial charge in [0.15, 0.2) is 0 Å². The Balaban J connectivity index is 2.22. The van der Waals surface area contributed by atoms with Gasteiger partial charge >= 0.3 is 0 Å². The summed E-state index contributed by atoms with van der Waals surface area (Å²) in [5.41, 5.74) is -0.527. The maximum Gasteiger partial charge on any atom is 0.0817 e. The highest BCUT2D eigenvalue weighted by Crippen LogP contribution is 2.21. The lowest BCUT2D eigenvalue weighted by Gasteiger charge is -2.35. The molecule has 1 fully saturated rings. The minimum absolute atomic E-state index is 0.527. The van der Waals surface area contributed by atoms with Gasteiger partial charge in [-0.3, -0.25) is 0 Å². The SMILES string of the molecule is C=CCCCN(C)CC1(O)CCOCC1. The first kappa shape index (κ1) is 12.7. The molecule has 0 atom stereocenters. The molecular formula is C12H23NO2. The maximum absolute atomic E-state index is 10.3. The van der Waals surface area contributed by atoms with E-state index in [0.717, 1.165) is 38.8 Å². The Morgan fingerprint density at radius 2 is 2.13 bits per heavy atom. The molecule has 15 heavy (non-hydrogen) atoms. The molecule has 1 aliphatic heterocycles. The van der Waals surface area contributed by atoms with E-state index in [1.54, 1.807) is 0 Å². The molecule has 0 aromatic heterocycles. The molecule has 1 saturated heterocycles. The zero-order valence-corrected chi connectivity index (χ0v) is 9.74. The van der Waals surface area contributed by atoms with Gasteiger partial charge < -0.3 is 14.7 Å². The number of ether oxygens (including phenoxy) is 1. The van der Waals surface area contributed by atoms with Crippen LogP contribution < -0.4 is 0 Å². The Kier molecular flexibility index (Phi) is 5.29. The van der Waals surface area contributed by atoms with Crippen LogP contribution in [0.25, 0.3) is 0 Å². The van der Waals surface area contributed by atoms with Crippen molar-refractivity contribution < 1.29 is 9.84 Å². The van der Waals surface area contributed by atoms with Crippen molar-refractivity contribution in [2.45, 2.75) is 31.3 Å². The van der Waals surface area contributed by atoms with E-state index in [0.29, 0.717) is 13.2 Å². The van der Waals surface area contributed by atoms with E-state index in [-0.39, 0.29) is 0 Å². The molecule has 0 saturated carbocycles. The number of unbranched alkanes of at least 4 members (excludes halogenated alkanes) is 1. The van der Waals surface area contributed by atoms with Crippen LogP contribution in [0.15, 0.2) is 12.7 Å². The van der Waals surface area contributed by atoms with Crippen LogP contribution in [0, 0.1) is 0 Å². The molecule has 1 N–H and O–H groups in total. The number of nitrogens with zero attached hydrogens (tertiary/aromatic N) is 1. The topological polar surface area (TPSA) is 32.7 Å². The van der Waals surface area contributed by atoms with Crippen LogP contribution in [0.2, 0.25) is 0 Å². The molecule has 3 nitrogen and oxygen atoms in total. The monoisotopic (exact) mass is 213 g/mol. The molecular weight excluding hydrogens is 190 g/mol. The van der Waals surface area contributed by atoms with E-state index >= 15 is 0 Å². The minimum atomic E-state index is -0.527. The van der Waals surface area contributed by atoms with Gasteiger partial charge in [-0.2, -0.15) is 0 Å². The third kappa shape index (κ3) is 4.78. The number of hydrogen-bond donors (Lipinski definition) is 1. The van der Waals surface area contributed by atoms with Crippen LogP contribution >= 0.6 is 0 Å². The fraction of sp³-hybridized carbons (Fsp3) is 0.833. The summed E-state index contributed by atoms with van der Waals surface area (Å²) in [6.07, 6.45) is 5.63. The third-order valence-corrected chi connectivity index (χ3v) is 2.94. The lowest BCUT2D eigenvalue weighted by molar-refractivity contribution is -0.0768. The predicted octanol–water partition coefficient (Wildman–Crippen LogP) is 1.43. The molecule has 1 aliphatic rings. The highest BCUT2D eigenvalue weighted by atomic mass is 16.5. The minimum Gasteiger partial charge on any atom is -0.388 e. The van der Waals surface area contributed by atoms with Gasteiger partial charge in [0.2, 0.25) is 0 Å². The van der Waals surface area contributed by atoms with Crippen molar-refractivity contribution in [3.8, 4) is 0 Å². The van der Waals surface area contributed by atoms with Crippen LogP contribution in [0.3, 0.4) is 0 Å². The summed E-state index contributed by atoms with van der Waals surface area (Å²) >= 11 is 0. The molecule has 1 rings (SSSR count). The highest BCUT2D eigenvalue weighted by molar-refractivity contribution is 4.84. The summed E-state index contributed by atoms with van der Waals surface area (Å²) in [4.78, 5) is 2.20. The van der Waals surface area contributed by atoms with Gasteiger partial charge in [-0.1, -0.05) is 6.08 Å². The van der Waals surface area contributed by atoms with Crippen molar-refractivity contribution in [1.82, 2.24) is 4.90 Å². The maximum atomic E-state index is 10.3. The average Bonchev–Trinajstić information content (AvgIpc) is 2.18. The molecule has 0 unspecified atom stereocenters. The first-order chi connectivity index (χ1) is 7.16. The van der Waals surface area contributed by atoms with Gasteiger partial charge in [-0.15, -0.1) is 6.58 Å². The number of aliphatic hydroxyl groups is 1. The molecule has 0 aromatic carbocycles. The molecule has 0 amide bonds. The number of hydrogen-bond acceptors (Lipinski definition) is 3. The van der Waals surface area contributed by atoms with Crippen molar-refractivity contribution >= 4 is 0 Å². The van der Waals surface area contributed by atoms with Crippen LogP contribution in [-0.4, -0.2) is 49.0 Å². The molecule has 0 aliphatic carbocycles. The van der Waals surface area contributed by atoms with Gasteiger partial charge in [0.1, 0.15) is 0 Å². The second-order valence-corrected chi connectivity index (χ2v) is 4.51. The first-order valence-electron chi connectivity index (χ1n) is 5.76. The lowest BCUT2D eigenvalue weighted by atomic mass is 9.94. The quantitative estimate of drug-likeness (QED) is 0.535. The fourth-order valence-corrected chi connectivity index (χ4v) is 2.00. The largest absolute Gasteiger partial charge is 0.388 e. The van der Waals surface area contributed by atoms with Crippen molar-refractivity contribution in [3.05, 3.63) is 12.7 Å². The lowest BCUT2D eigenvalue weighted by Crippen LogP contribution is -2.45. The zero-order valence-electron chi connectivity index (χ0n) is 9.74. The Hall–Kier alpha value is -0.380. The number of allylic oxidation sites excluding steroid dienone is 1. The van der Waals surface area contributed by atoms with Gasteiger partial charge in [-0.25, -0.2) is 0 Å². The Morgan fingerprint density at radius 1 is 1.47 bits per heavy atom. The Bertz CT molecular complexity index is 188. The van der Waals surface area contributed by atoms with E-state index in [4.69, 9.17) is 4.74 Å². The normalized spacial score (nSPS) is 20.5. The smallest absolute Gasteiger partial charge is 0.0817 e. The van der Waals surface area contributed by atoms with Crippen molar-refractivity contribution in [2.24, 2.45) is 0 Å². The summed E-state index contributed by atoms with van der Waals surface area (Å²) in [6, 6.07) is 0. The van der Waals surface area contributed by atoms with Crippen molar-refractivity contribution in [3.63, 3.8) is 0 Å². The van der Waals surface area contributed by atoms with E-state index in [2.05, 4.69) is 18.5 Å². The summed E-state index contributed by atoms with van der Waals surface area (Å²) in [5, 5.41) is 10.3. The van der Waals surface area contributed by atoms with E-state index in [1.165, 1.54) is 0 Å². The van der Waals surface area contributed by atoms with Gasteiger partial charge in [0.25, 0.3) is 0 Å². The first-order valence-corrected chi connectivity index (χ1v) is 5.76. The number of likely N-dealkylation sites (N-methyl/N-ethyl adjacent to an activating group) is 1. The molecule has 0 spiro atoms. The van der Waals surface area contributed by atoms with E-state index in [9.17, 15) is 5.11 Å². The molecule has 0 aromatic rings. The summed E-state index contributed by atoms with van der Waals surface area (Å²) in [5.74, 6) is 0. The van der Waals surface area contributed by atoms with E-state index in [1.807, 2.05) is 6.08 Å². The average molecular weight is 213 g/mol. The summed E-state index contributed by atoms with van der Waals surface area (Å²) < 4.78 is 5.25. The Labute approximate surface area is 92.7 Å². The van der Waals surface area contributed by atoms with Crippen LogP contribution in [-0.2, 0) is 4.74 Å². The van der Waals surface area contributed by atoms with Gasteiger partial charge in [0, 0.05) is 32.6 Å². The van der Waals surface area contributed by atoms with Gasteiger partial charge in [-0.05, 0) is 26.4 Å². The van der Waals surface area contributed by atoms with Gasteiger partial charge in [0.05, 0.1) is 5.60 Å². The van der Waals surface area contributed by atoms with Crippen LogP contribution in [0.4, 0.5) is 0 Å². The van der Waals surface area contributed by atoms with E-state index < -0.39 is 5.60 Å². The van der Waals surface area contributed by atoms with Crippen molar-refractivity contribution in [2.75, 3.05) is 33.4 Å². The Morgan fingerprint density at radius 3 is 2.73 bits per heavy atom. The zero-order chi connectivity index (χ0) is 11.1. The van der Waals surface area contributed by atoms with Crippen molar-refractivity contribution in [1.29, 1.82) is 0 Å². The van der Waals surface area contributed by atoms with Crippen LogP contribution in [0.1, 0.15) is 25.7 Å². The second-order valence-electron chi connectivity index (χ2n) is 4.51. The standard InChI is InChI=1S/C12H23NO2/c1-3-4-5-8-13(2)11-12(14)6-9-15-10-7-12/h3,14H,1,4-11H2,2H3. The molecule has 0 radical (unpaired) electrons. The molecule has 1 heterocycles. The molecule has 3 heteroatoms. The summed E-state index contributed by atoms with van der Waals surface area (Å²) in [7, 11) is 2.07. The summed E-state index contributed by atoms with van der Waals surface area (Å²) in [6.45, 7) is 6.87. The third-order valence-electron chi connectivity index (χ3n) is 2.94. The molecule has 0 bridgehead atoms.